The second kappa shape index (κ2) is 5.87. The van der Waals surface area contributed by atoms with Crippen LogP contribution in [-0.2, 0) is 9.47 Å². The molecule has 1 rings (SSSR count). The highest BCUT2D eigenvalue weighted by Gasteiger charge is 2.21. The van der Waals surface area contributed by atoms with Crippen LogP contribution in [0.4, 0.5) is 10.5 Å². The number of ether oxygens (including phenoxy) is 2. The van der Waals surface area contributed by atoms with Crippen LogP contribution in [0.2, 0.25) is 0 Å². The lowest BCUT2D eigenvalue weighted by atomic mass is 10.2. The van der Waals surface area contributed by atoms with E-state index in [0.29, 0.717) is 10.6 Å². The van der Waals surface area contributed by atoms with E-state index in [2.05, 4.69) is 32.6 Å². The van der Waals surface area contributed by atoms with Crippen molar-refractivity contribution in [1.29, 1.82) is 0 Å². The molecule has 0 aliphatic rings. The maximum atomic E-state index is 11.6. The quantitative estimate of drug-likeness (QED) is 0.627. The number of rotatable bonds is 2. The molecule has 0 atom stereocenters. The molecule has 1 amide bonds. The van der Waals surface area contributed by atoms with Gasteiger partial charge in [0.1, 0.15) is 10.5 Å². The van der Waals surface area contributed by atoms with Crippen LogP contribution in [0.5, 0.6) is 0 Å². The zero-order valence-electron chi connectivity index (χ0n) is 10.5. The minimum absolute atomic E-state index is 0.354. The number of hydrogen-bond acceptors (Lipinski definition) is 5. The molecule has 0 saturated carbocycles. The summed E-state index contributed by atoms with van der Waals surface area (Å²) >= 11 is 3.32. The first-order valence-electron chi connectivity index (χ1n) is 5.10. The Morgan fingerprint density at radius 2 is 2.00 bits per heavy atom. The van der Waals surface area contributed by atoms with Gasteiger partial charge in [-0.3, -0.25) is 5.32 Å². The van der Waals surface area contributed by atoms with Crippen LogP contribution in [0.15, 0.2) is 6.07 Å². The Kier molecular flexibility index (Phi) is 4.97. The average molecular weight is 383 g/mol. The third-order valence-corrected chi connectivity index (χ3v) is 3.58. The van der Waals surface area contributed by atoms with Gasteiger partial charge in [-0.2, -0.15) is 0 Å². The number of anilines is 1. The molecule has 7 heteroatoms. The third-order valence-electron chi connectivity index (χ3n) is 1.71. The second-order valence-electron chi connectivity index (χ2n) is 4.41. The molecule has 1 N–H and O–H groups in total. The van der Waals surface area contributed by atoms with E-state index < -0.39 is 17.7 Å². The van der Waals surface area contributed by atoms with Crippen molar-refractivity contribution in [1.82, 2.24) is 0 Å². The Labute approximate surface area is 123 Å². The summed E-state index contributed by atoms with van der Waals surface area (Å²) in [6, 6.07) is 1.70. The van der Waals surface area contributed by atoms with Gasteiger partial charge in [0.25, 0.3) is 0 Å². The summed E-state index contributed by atoms with van der Waals surface area (Å²) in [5.74, 6) is -0.478. The molecule has 0 unspecified atom stereocenters. The Morgan fingerprint density at radius 1 is 1.39 bits per heavy atom. The van der Waals surface area contributed by atoms with Gasteiger partial charge in [0.15, 0.2) is 0 Å². The number of carbonyl (C=O) groups is 2. The monoisotopic (exact) mass is 383 g/mol. The molecular formula is C11H14INO4S. The van der Waals surface area contributed by atoms with Crippen molar-refractivity contribution < 1.29 is 19.1 Å². The van der Waals surface area contributed by atoms with E-state index in [4.69, 9.17) is 4.74 Å². The normalized spacial score (nSPS) is 10.9. The van der Waals surface area contributed by atoms with Crippen molar-refractivity contribution in [2.24, 2.45) is 0 Å². The number of esters is 1. The fourth-order valence-electron chi connectivity index (χ4n) is 1.11. The van der Waals surface area contributed by atoms with Crippen LogP contribution < -0.4 is 5.32 Å². The lowest BCUT2D eigenvalue weighted by Gasteiger charge is -2.19. The molecule has 100 valence electrons. The number of hydrogen-bond donors (Lipinski definition) is 1. The topological polar surface area (TPSA) is 64.6 Å². The highest BCUT2D eigenvalue weighted by molar-refractivity contribution is 14.1. The highest BCUT2D eigenvalue weighted by Crippen LogP contribution is 2.29. The Hall–Kier alpha value is -0.830. The van der Waals surface area contributed by atoms with Crippen molar-refractivity contribution in [2.75, 3.05) is 12.4 Å². The zero-order valence-corrected chi connectivity index (χ0v) is 13.5. The van der Waals surface area contributed by atoms with Gasteiger partial charge in [0.2, 0.25) is 0 Å². The molecule has 0 spiro atoms. The molecule has 5 nitrogen and oxygen atoms in total. The zero-order chi connectivity index (χ0) is 13.9. The van der Waals surface area contributed by atoms with Gasteiger partial charge in [0, 0.05) is 0 Å². The molecule has 0 aromatic carbocycles. The van der Waals surface area contributed by atoms with E-state index in [1.54, 1.807) is 26.8 Å². The first-order chi connectivity index (χ1) is 8.23. The average Bonchev–Trinajstić information content (AvgIpc) is 2.55. The fraction of sp³-hybridized carbons (Fsp3) is 0.455. The number of nitrogens with one attached hydrogen (secondary N) is 1. The van der Waals surface area contributed by atoms with Crippen LogP contribution in [0.25, 0.3) is 0 Å². The number of methoxy groups -OCH3 is 1. The molecule has 1 aromatic rings. The molecule has 0 aliphatic carbocycles. The summed E-state index contributed by atoms with van der Waals surface area (Å²) in [7, 11) is 1.30. The smallest absolute Gasteiger partial charge is 0.412 e. The highest BCUT2D eigenvalue weighted by atomic mass is 127. The van der Waals surface area contributed by atoms with Gasteiger partial charge in [-0.1, -0.05) is 0 Å². The summed E-state index contributed by atoms with van der Waals surface area (Å²) in [4.78, 5) is 23.5. The molecule has 0 fully saturated rings. The van der Waals surface area contributed by atoms with Crippen molar-refractivity contribution in [3.63, 3.8) is 0 Å². The Bertz CT molecular complexity index is 464. The van der Waals surface area contributed by atoms with Crippen LogP contribution >= 0.6 is 33.9 Å². The van der Waals surface area contributed by atoms with Crippen LogP contribution in [0.1, 0.15) is 30.4 Å². The van der Waals surface area contributed by atoms with Crippen molar-refractivity contribution >= 4 is 51.7 Å². The van der Waals surface area contributed by atoms with Gasteiger partial charge >= 0.3 is 12.1 Å². The largest absolute Gasteiger partial charge is 0.465 e. The summed E-state index contributed by atoms with van der Waals surface area (Å²) in [6.07, 6.45) is -0.596. The molecule has 18 heavy (non-hydrogen) atoms. The predicted octanol–water partition coefficient (Wildman–Crippen LogP) is 3.49. The Morgan fingerprint density at radius 3 is 2.50 bits per heavy atom. The first-order valence-corrected chi connectivity index (χ1v) is 7.00. The standard InChI is InChI=1S/C11H14INO4S/c1-11(2,3)17-10(15)13-6-5-7(12)18-8(6)9(14)16-4/h5H,1-4H3,(H,13,15). The summed E-state index contributed by atoms with van der Waals surface area (Å²) in [5, 5.41) is 2.55. The van der Waals surface area contributed by atoms with E-state index in [-0.39, 0.29) is 0 Å². The summed E-state index contributed by atoms with van der Waals surface area (Å²) in [5.41, 5.74) is -0.177. The minimum atomic E-state index is -0.596. The molecule has 1 aromatic heterocycles. The second-order valence-corrected chi connectivity index (χ2v) is 7.36. The first kappa shape index (κ1) is 15.2. The molecule has 0 aliphatic heterocycles. The lowest BCUT2D eigenvalue weighted by Crippen LogP contribution is -2.27. The van der Waals surface area contributed by atoms with Crippen molar-refractivity contribution in [3.8, 4) is 0 Å². The van der Waals surface area contributed by atoms with E-state index >= 15 is 0 Å². The predicted molar refractivity (Wildman–Crippen MR) is 78.2 cm³/mol. The van der Waals surface area contributed by atoms with E-state index in [0.717, 1.165) is 2.88 Å². The van der Waals surface area contributed by atoms with E-state index in [1.807, 2.05) is 0 Å². The fourth-order valence-corrected chi connectivity index (χ4v) is 2.84. The van der Waals surface area contributed by atoms with Crippen LogP contribution in [0.3, 0.4) is 0 Å². The molecule has 0 saturated heterocycles. The van der Waals surface area contributed by atoms with Gasteiger partial charge in [0.05, 0.1) is 15.7 Å². The third kappa shape index (κ3) is 4.45. The van der Waals surface area contributed by atoms with Crippen LogP contribution in [-0.4, -0.2) is 24.8 Å². The van der Waals surface area contributed by atoms with Gasteiger partial charge in [-0.25, -0.2) is 9.59 Å². The van der Waals surface area contributed by atoms with Crippen molar-refractivity contribution in [3.05, 3.63) is 13.8 Å². The van der Waals surface area contributed by atoms with Gasteiger partial charge < -0.3 is 9.47 Å². The minimum Gasteiger partial charge on any atom is -0.465 e. The molecule has 0 radical (unpaired) electrons. The van der Waals surface area contributed by atoms with Gasteiger partial charge in [-0.15, -0.1) is 11.3 Å². The number of halogens is 1. The van der Waals surface area contributed by atoms with E-state index in [9.17, 15) is 9.59 Å². The molecule has 0 bridgehead atoms. The van der Waals surface area contributed by atoms with Crippen LogP contribution in [0, 0.1) is 2.88 Å². The SMILES string of the molecule is COC(=O)c1sc(I)cc1NC(=O)OC(C)(C)C. The summed E-state index contributed by atoms with van der Waals surface area (Å²) in [6.45, 7) is 5.31. The number of carbonyl (C=O) groups excluding carboxylic acids is 2. The summed E-state index contributed by atoms with van der Waals surface area (Å²) < 4.78 is 10.6. The molecular weight excluding hydrogens is 369 g/mol. The molecule has 1 heterocycles. The lowest BCUT2D eigenvalue weighted by molar-refractivity contribution is 0.0607. The van der Waals surface area contributed by atoms with Crippen molar-refractivity contribution in [2.45, 2.75) is 26.4 Å². The number of thiophene rings is 1. The maximum Gasteiger partial charge on any atom is 0.412 e. The van der Waals surface area contributed by atoms with E-state index in [1.165, 1.54) is 18.4 Å². The maximum absolute atomic E-state index is 11.6. The number of amides is 1. The van der Waals surface area contributed by atoms with Gasteiger partial charge in [-0.05, 0) is 49.4 Å². The Balaban J connectivity index is 2.84.